The molecule has 0 atom stereocenters. The summed E-state index contributed by atoms with van der Waals surface area (Å²) in [5, 5.41) is 2.99. The normalized spacial score (nSPS) is 14.5. The van der Waals surface area contributed by atoms with Crippen LogP contribution in [-0.4, -0.2) is 61.8 Å². The predicted octanol–water partition coefficient (Wildman–Crippen LogP) is 5.20. The first-order valence-corrected chi connectivity index (χ1v) is 13.0. The number of morpholine rings is 1. The summed E-state index contributed by atoms with van der Waals surface area (Å²) < 4.78 is 12.6. The number of hydrogen-bond acceptors (Lipinski definition) is 6. The van der Waals surface area contributed by atoms with Crippen LogP contribution in [0.4, 0.5) is 5.13 Å². The van der Waals surface area contributed by atoms with Crippen molar-refractivity contribution in [1.82, 2.24) is 9.88 Å². The molecule has 2 heterocycles. The van der Waals surface area contributed by atoms with Crippen LogP contribution in [0.5, 0.6) is 5.75 Å². The topological polar surface area (TPSA) is 54.9 Å². The smallest absolute Gasteiger partial charge is 0.266 e. The van der Waals surface area contributed by atoms with Crippen LogP contribution in [0.25, 0.3) is 21.0 Å². The zero-order valence-electron chi connectivity index (χ0n) is 20.3. The Kier molecular flexibility index (Phi) is 7.27. The molecule has 1 amide bonds. The highest BCUT2D eigenvalue weighted by Crippen LogP contribution is 2.33. The minimum atomic E-state index is -0.0745. The Labute approximate surface area is 210 Å². The van der Waals surface area contributed by atoms with Crippen LogP contribution in [0.1, 0.15) is 17.5 Å². The monoisotopic (exact) mass is 489 g/mol. The highest BCUT2D eigenvalue weighted by atomic mass is 32.1. The number of aromatic nitrogens is 1. The van der Waals surface area contributed by atoms with E-state index in [1.807, 2.05) is 41.3 Å². The van der Waals surface area contributed by atoms with E-state index in [9.17, 15) is 4.79 Å². The molecule has 35 heavy (non-hydrogen) atoms. The molecule has 0 radical (unpaired) electrons. The van der Waals surface area contributed by atoms with Gasteiger partial charge in [0.25, 0.3) is 5.91 Å². The third-order valence-electron chi connectivity index (χ3n) is 6.51. The molecule has 1 aromatic heterocycles. The van der Waals surface area contributed by atoms with E-state index in [0.29, 0.717) is 12.3 Å². The highest BCUT2D eigenvalue weighted by molar-refractivity contribution is 7.22. The van der Waals surface area contributed by atoms with Gasteiger partial charge in [-0.05, 0) is 54.3 Å². The number of amides is 1. The van der Waals surface area contributed by atoms with E-state index in [1.165, 1.54) is 5.56 Å². The zero-order valence-corrected chi connectivity index (χ0v) is 21.1. The van der Waals surface area contributed by atoms with Crippen molar-refractivity contribution in [3.63, 3.8) is 0 Å². The summed E-state index contributed by atoms with van der Waals surface area (Å²) in [6, 6.07) is 18.3. The van der Waals surface area contributed by atoms with Crippen LogP contribution in [0.3, 0.4) is 0 Å². The largest absolute Gasteiger partial charge is 0.484 e. The average Bonchev–Trinajstić information content (AvgIpc) is 3.34. The molecule has 4 aromatic rings. The molecule has 0 bridgehead atoms. The number of carbonyl (C=O) groups excluding carboxylic acids is 1. The Bertz CT molecular complexity index is 1290. The van der Waals surface area contributed by atoms with Crippen LogP contribution in [0.2, 0.25) is 0 Å². The Morgan fingerprint density at radius 1 is 1.06 bits per heavy atom. The van der Waals surface area contributed by atoms with Gasteiger partial charge < -0.3 is 9.47 Å². The molecule has 6 nitrogen and oxygen atoms in total. The molecule has 5 rings (SSSR count). The van der Waals surface area contributed by atoms with Crippen molar-refractivity contribution < 1.29 is 14.3 Å². The van der Waals surface area contributed by atoms with Gasteiger partial charge in [0.15, 0.2) is 11.7 Å². The van der Waals surface area contributed by atoms with Crippen molar-refractivity contribution in [3.8, 4) is 5.75 Å². The number of fused-ring (bicyclic) bond motifs is 2. The Morgan fingerprint density at radius 2 is 1.83 bits per heavy atom. The van der Waals surface area contributed by atoms with E-state index in [1.54, 1.807) is 11.3 Å². The molecule has 1 aliphatic rings. The first-order valence-electron chi connectivity index (χ1n) is 12.2. The molecule has 1 aliphatic heterocycles. The third-order valence-corrected chi connectivity index (χ3v) is 7.72. The third kappa shape index (κ3) is 5.48. The van der Waals surface area contributed by atoms with Gasteiger partial charge in [0, 0.05) is 26.2 Å². The fraction of sp³-hybridized carbons (Fsp3) is 0.357. The van der Waals surface area contributed by atoms with Gasteiger partial charge in [-0.1, -0.05) is 53.8 Å². The summed E-state index contributed by atoms with van der Waals surface area (Å²) in [4.78, 5) is 22.5. The van der Waals surface area contributed by atoms with Crippen molar-refractivity contribution in [2.75, 3.05) is 50.9 Å². The van der Waals surface area contributed by atoms with Crippen LogP contribution in [0, 0.1) is 13.8 Å². The lowest BCUT2D eigenvalue weighted by molar-refractivity contribution is -0.120. The number of nitrogens with zero attached hydrogens (tertiary/aromatic N) is 3. The zero-order chi connectivity index (χ0) is 24.2. The number of rotatable bonds is 8. The average molecular weight is 490 g/mol. The maximum Gasteiger partial charge on any atom is 0.266 e. The number of aryl methyl sites for hydroxylation is 2. The first-order chi connectivity index (χ1) is 17.1. The molecular weight excluding hydrogens is 458 g/mol. The van der Waals surface area contributed by atoms with Crippen LogP contribution < -0.4 is 9.64 Å². The lowest BCUT2D eigenvalue weighted by Gasteiger charge is -2.27. The number of hydrogen-bond donors (Lipinski definition) is 0. The highest BCUT2D eigenvalue weighted by Gasteiger charge is 2.22. The van der Waals surface area contributed by atoms with Gasteiger partial charge in [0.1, 0.15) is 5.75 Å². The Balaban J connectivity index is 1.33. The lowest BCUT2D eigenvalue weighted by atomic mass is 10.1. The van der Waals surface area contributed by atoms with Crippen LogP contribution in [-0.2, 0) is 9.53 Å². The van der Waals surface area contributed by atoms with E-state index in [2.05, 4.69) is 36.9 Å². The quantitative estimate of drug-likeness (QED) is 0.341. The van der Waals surface area contributed by atoms with Gasteiger partial charge >= 0.3 is 0 Å². The molecule has 0 aliphatic carbocycles. The second-order valence-electron chi connectivity index (χ2n) is 9.02. The molecule has 0 saturated carbocycles. The van der Waals surface area contributed by atoms with Gasteiger partial charge in [-0.2, -0.15) is 0 Å². The maximum atomic E-state index is 13.4. The number of ether oxygens (including phenoxy) is 2. The molecule has 182 valence electrons. The lowest BCUT2D eigenvalue weighted by Crippen LogP contribution is -2.40. The minimum absolute atomic E-state index is 0.0240. The van der Waals surface area contributed by atoms with Gasteiger partial charge in [0.05, 0.1) is 23.4 Å². The van der Waals surface area contributed by atoms with Crippen LogP contribution >= 0.6 is 11.3 Å². The molecule has 1 fully saturated rings. The Hall–Kier alpha value is -3.00. The predicted molar refractivity (Wildman–Crippen MR) is 143 cm³/mol. The molecule has 3 aromatic carbocycles. The summed E-state index contributed by atoms with van der Waals surface area (Å²) in [5.41, 5.74) is 3.29. The summed E-state index contributed by atoms with van der Waals surface area (Å²) in [7, 11) is 0. The summed E-state index contributed by atoms with van der Waals surface area (Å²) in [6.07, 6.45) is 0.871. The molecule has 0 spiro atoms. The van der Waals surface area contributed by atoms with Gasteiger partial charge in [-0.25, -0.2) is 4.98 Å². The molecule has 7 heteroatoms. The van der Waals surface area contributed by atoms with Crippen molar-refractivity contribution in [3.05, 3.63) is 65.7 Å². The number of thiazole rings is 1. The molecule has 1 saturated heterocycles. The SMILES string of the molecule is Cc1ccc(C)c2sc(N(CCCN3CCOCC3)C(=O)COc3ccc4ccccc4c3)nc12. The van der Waals surface area contributed by atoms with Crippen molar-refractivity contribution in [2.45, 2.75) is 20.3 Å². The number of benzene rings is 3. The van der Waals surface area contributed by atoms with E-state index in [-0.39, 0.29) is 12.5 Å². The van der Waals surface area contributed by atoms with Crippen molar-refractivity contribution >= 4 is 43.4 Å². The minimum Gasteiger partial charge on any atom is -0.484 e. The second-order valence-corrected chi connectivity index (χ2v) is 10.0. The van der Waals surface area contributed by atoms with Crippen molar-refractivity contribution in [1.29, 1.82) is 0 Å². The first kappa shape index (κ1) is 23.7. The maximum absolute atomic E-state index is 13.4. The summed E-state index contributed by atoms with van der Waals surface area (Å²) >= 11 is 1.59. The van der Waals surface area contributed by atoms with Gasteiger partial charge in [-0.3, -0.25) is 14.6 Å². The van der Waals surface area contributed by atoms with Gasteiger partial charge in [0.2, 0.25) is 0 Å². The van der Waals surface area contributed by atoms with E-state index in [4.69, 9.17) is 14.5 Å². The van der Waals surface area contributed by atoms with Gasteiger partial charge in [-0.15, -0.1) is 0 Å². The second kappa shape index (κ2) is 10.7. The summed E-state index contributed by atoms with van der Waals surface area (Å²) in [6.45, 7) is 9.12. The van der Waals surface area contributed by atoms with Crippen LogP contribution in [0.15, 0.2) is 54.6 Å². The van der Waals surface area contributed by atoms with E-state index in [0.717, 1.165) is 71.0 Å². The standard InChI is InChI=1S/C28H31N3O3S/c1-20-8-9-21(2)27-26(20)29-28(35-27)31(13-5-12-30-14-16-33-17-15-30)25(32)19-34-24-11-10-22-6-3-4-7-23(22)18-24/h3-4,6-11,18H,5,12-17,19H2,1-2H3. The summed E-state index contributed by atoms with van der Waals surface area (Å²) in [5.74, 6) is 0.621. The van der Waals surface area contributed by atoms with E-state index >= 15 is 0 Å². The fourth-order valence-electron chi connectivity index (χ4n) is 4.45. The fourth-order valence-corrected chi connectivity index (χ4v) is 5.60. The molecule has 0 N–H and O–H groups in total. The number of anilines is 1. The Morgan fingerprint density at radius 3 is 2.63 bits per heavy atom. The van der Waals surface area contributed by atoms with E-state index < -0.39 is 0 Å². The molecular formula is C28H31N3O3S. The van der Waals surface area contributed by atoms with Crippen molar-refractivity contribution in [2.24, 2.45) is 0 Å². The molecule has 0 unspecified atom stereocenters. The number of carbonyl (C=O) groups is 1.